The molecule has 1 unspecified atom stereocenters. The Morgan fingerprint density at radius 3 is 2.89 bits per heavy atom. The Balaban J connectivity index is 2.69. The molecule has 1 atom stereocenters. The van der Waals surface area contributed by atoms with Crippen molar-refractivity contribution in [3.8, 4) is 22.9 Å². The van der Waals surface area contributed by atoms with Crippen molar-refractivity contribution < 1.29 is 9.53 Å². The number of hydrogen-bond acceptors (Lipinski definition) is 4. The van der Waals surface area contributed by atoms with Gasteiger partial charge >= 0.3 is 0 Å². The lowest BCUT2D eigenvalue weighted by Gasteiger charge is -2.10. The predicted octanol–water partition coefficient (Wildman–Crippen LogP) is 1.51. The molecule has 0 fully saturated rings. The van der Waals surface area contributed by atoms with Gasteiger partial charge in [-0.25, -0.2) is 0 Å². The van der Waals surface area contributed by atoms with Crippen LogP contribution in [0.25, 0.3) is 0 Å². The molecule has 1 aromatic carbocycles. The van der Waals surface area contributed by atoms with Crippen molar-refractivity contribution in [2.45, 2.75) is 6.23 Å². The van der Waals surface area contributed by atoms with Crippen LogP contribution in [0.3, 0.4) is 0 Å². The van der Waals surface area contributed by atoms with E-state index in [1.54, 1.807) is 24.3 Å². The number of carbonyl (C=O) groups excluding carboxylic acids is 1. The standard InChI is InChI=1S/C13H8BrN3O2/c14-5-2-6-19-12(9-16)17-13(18)11-4-1-3-10(7-11)8-15/h1,3-4,7,12H,6H2,(H,17,18). The number of rotatable bonds is 4. The second kappa shape index (κ2) is 7.89. The lowest BCUT2D eigenvalue weighted by atomic mass is 10.1. The number of nitrogens with one attached hydrogen (secondary N) is 1. The molecule has 94 valence electrons. The van der Waals surface area contributed by atoms with Crippen LogP contribution in [0.15, 0.2) is 24.3 Å². The molecule has 0 aliphatic rings. The first kappa shape index (κ1) is 14.7. The van der Waals surface area contributed by atoms with Crippen molar-refractivity contribution in [2.24, 2.45) is 0 Å². The van der Waals surface area contributed by atoms with Crippen molar-refractivity contribution in [2.75, 3.05) is 6.61 Å². The number of hydrogen-bond donors (Lipinski definition) is 1. The molecule has 0 radical (unpaired) electrons. The van der Waals surface area contributed by atoms with E-state index in [1.165, 1.54) is 6.07 Å². The van der Waals surface area contributed by atoms with Crippen LogP contribution in [0.4, 0.5) is 0 Å². The molecule has 0 heterocycles. The summed E-state index contributed by atoms with van der Waals surface area (Å²) in [6, 6.07) is 9.87. The van der Waals surface area contributed by atoms with Crippen molar-refractivity contribution in [3.05, 3.63) is 35.4 Å². The van der Waals surface area contributed by atoms with Gasteiger partial charge in [0.25, 0.3) is 5.91 Å². The van der Waals surface area contributed by atoms with Gasteiger partial charge in [-0.3, -0.25) is 4.79 Å². The first-order valence-electron chi connectivity index (χ1n) is 5.12. The van der Waals surface area contributed by atoms with Gasteiger partial charge in [-0.15, -0.1) is 0 Å². The summed E-state index contributed by atoms with van der Waals surface area (Å²) in [7, 11) is 0. The molecule has 19 heavy (non-hydrogen) atoms. The molecule has 0 bridgehead atoms. The fraction of sp³-hybridized carbons (Fsp3) is 0.154. The summed E-state index contributed by atoms with van der Waals surface area (Å²) in [5.74, 6) is 2.05. The van der Waals surface area contributed by atoms with Gasteiger partial charge < -0.3 is 10.1 Å². The zero-order valence-corrected chi connectivity index (χ0v) is 11.3. The van der Waals surface area contributed by atoms with E-state index in [0.29, 0.717) is 5.56 Å². The minimum atomic E-state index is -1.09. The number of halogens is 1. The van der Waals surface area contributed by atoms with E-state index in [4.69, 9.17) is 15.3 Å². The van der Waals surface area contributed by atoms with Crippen LogP contribution in [-0.2, 0) is 4.74 Å². The Morgan fingerprint density at radius 2 is 2.26 bits per heavy atom. The van der Waals surface area contributed by atoms with E-state index in [9.17, 15) is 4.79 Å². The summed E-state index contributed by atoms with van der Waals surface area (Å²) in [6.07, 6.45) is -1.09. The maximum Gasteiger partial charge on any atom is 0.254 e. The van der Waals surface area contributed by atoms with E-state index in [1.807, 2.05) is 6.07 Å². The zero-order chi connectivity index (χ0) is 14.1. The molecule has 0 aromatic heterocycles. The molecule has 5 nitrogen and oxygen atoms in total. The Morgan fingerprint density at radius 1 is 1.47 bits per heavy atom. The molecule has 6 heteroatoms. The van der Waals surface area contributed by atoms with Gasteiger partial charge in [-0.05, 0) is 23.0 Å². The zero-order valence-electron chi connectivity index (χ0n) is 9.68. The average molecular weight is 318 g/mol. The van der Waals surface area contributed by atoms with Crippen LogP contribution in [0.1, 0.15) is 15.9 Å². The molecule has 1 aromatic rings. The summed E-state index contributed by atoms with van der Waals surface area (Å²) < 4.78 is 5.02. The normalized spacial score (nSPS) is 10.3. The predicted molar refractivity (Wildman–Crippen MR) is 70.7 cm³/mol. The van der Waals surface area contributed by atoms with Crippen LogP contribution in [0, 0.1) is 33.4 Å². The molecule has 0 saturated heterocycles. The molecule has 0 aliphatic heterocycles. The molecular weight excluding hydrogens is 310 g/mol. The van der Waals surface area contributed by atoms with E-state index in [-0.39, 0.29) is 12.2 Å². The third kappa shape index (κ3) is 4.81. The second-order valence-electron chi connectivity index (χ2n) is 3.26. The molecule has 1 N–H and O–H groups in total. The first-order chi connectivity index (χ1) is 9.21. The van der Waals surface area contributed by atoms with Crippen LogP contribution in [-0.4, -0.2) is 18.7 Å². The highest BCUT2D eigenvalue weighted by Gasteiger charge is 2.13. The van der Waals surface area contributed by atoms with Crippen molar-refractivity contribution in [3.63, 3.8) is 0 Å². The SMILES string of the molecule is N#Cc1cccc(C(=O)NC(C#N)OCC#CBr)c1. The smallest absolute Gasteiger partial charge is 0.254 e. The number of nitriles is 2. The fourth-order valence-corrected chi connectivity index (χ4v) is 1.31. The topological polar surface area (TPSA) is 85.9 Å². The van der Waals surface area contributed by atoms with Gasteiger partial charge in [0.15, 0.2) is 0 Å². The Bertz CT molecular complexity index is 605. The first-order valence-corrected chi connectivity index (χ1v) is 5.91. The summed E-state index contributed by atoms with van der Waals surface area (Å²) in [4.78, 5) is 14.2. The Kier molecular flexibility index (Phi) is 6.12. The fourth-order valence-electron chi connectivity index (χ4n) is 1.20. The summed E-state index contributed by atoms with van der Waals surface area (Å²) in [5.41, 5.74) is 0.654. The van der Waals surface area contributed by atoms with Crippen LogP contribution in [0.5, 0.6) is 0 Å². The van der Waals surface area contributed by atoms with E-state index >= 15 is 0 Å². The van der Waals surface area contributed by atoms with Gasteiger partial charge in [0, 0.05) is 21.5 Å². The largest absolute Gasteiger partial charge is 0.332 e. The molecule has 1 rings (SSSR count). The van der Waals surface area contributed by atoms with Gasteiger partial charge in [0.05, 0.1) is 11.6 Å². The molecular formula is C13H8BrN3O2. The summed E-state index contributed by atoms with van der Waals surface area (Å²) in [5, 5.41) is 19.9. The highest BCUT2D eigenvalue weighted by Crippen LogP contribution is 2.04. The van der Waals surface area contributed by atoms with Crippen LogP contribution < -0.4 is 5.32 Å². The van der Waals surface area contributed by atoms with E-state index in [2.05, 4.69) is 32.0 Å². The molecule has 0 saturated carbocycles. The molecule has 0 aliphatic carbocycles. The minimum absolute atomic E-state index is 0.0159. The third-order valence-electron chi connectivity index (χ3n) is 2.02. The molecule has 1 amide bonds. The van der Waals surface area contributed by atoms with Crippen molar-refractivity contribution in [1.29, 1.82) is 10.5 Å². The highest BCUT2D eigenvalue weighted by atomic mass is 79.9. The van der Waals surface area contributed by atoms with Crippen LogP contribution >= 0.6 is 15.9 Å². The average Bonchev–Trinajstić information content (AvgIpc) is 2.46. The number of ether oxygens (including phenoxy) is 1. The maximum atomic E-state index is 11.8. The number of amides is 1. The summed E-state index contributed by atoms with van der Waals surface area (Å²) in [6.45, 7) is 0.0159. The van der Waals surface area contributed by atoms with Crippen LogP contribution in [0.2, 0.25) is 0 Å². The van der Waals surface area contributed by atoms with E-state index in [0.717, 1.165) is 0 Å². The number of nitrogens with zero attached hydrogens (tertiary/aromatic N) is 2. The number of benzene rings is 1. The van der Waals surface area contributed by atoms with E-state index < -0.39 is 12.1 Å². The monoisotopic (exact) mass is 317 g/mol. The lowest BCUT2D eigenvalue weighted by molar-refractivity contribution is 0.0685. The van der Waals surface area contributed by atoms with Gasteiger partial charge in [0.1, 0.15) is 12.7 Å². The minimum Gasteiger partial charge on any atom is -0.332 e. The third-order valence-corrected chi connectivity index (χ3v) is 2.30. The highest BCUT2D eigenvalue weighted by molar-refractivity contribution is 9.12. The Labute approximate surface area is 118 Å². The lowest BCUT2D eigenvalue weighted by Crippen LogP contribution is -2.36. The van der Waals surface area contributed by atoms with Crippen molar-refractivity contribution >= 4 is 21.8 Å². The van der Waals surface area contributed by atoms with Gasteiger partial charge in [-0.1, -0.05) is 12.0 Å². The van der Waals surface area contributed by atoms with Gasteiger partial charge in [0.2, 0.25) is 6.23 Å². The quantitative estimate of drug-likeness (QED) is 0.673. The molecule has 0 spiro atoms. The van der Waals surface area contributed by atoms with Gasteiger partial charge in [-0.2, -0.15) is 10.5 Å². The second-order valence-corrected chi connectivity index (χ2v) is 3.65. The number of carbonyl (C=O) groups is 1. The van der Waals surface area contributed by atoms with Crippen molar-refractivity contribution in [1.82, 2.24) is 5.32 Å². The maximum absolute atomic E-state index is 11.8. The summed E-state index contributed by atoms with van der Waals surface area (Å²) >= 11 is 2.88. The Hall–Kier alpha value is -2.33.